The van der Waals surface area contributed by atoms with E-state index < -0.39 is 0 Å². The zero-order valence-corrected chi connectivity index (χ0v) is 11.1. The van der Waals surface area contributed by atoms with Gasteiger partial charge in [-0.05, 0) is 30.7 Å². The summed E-state index contributed by atoms with van der Waals surface area (Å²) in [5, 5.41) is 8.42. The van der Waals surface area contributed by atoms with Gasteiger partial charge in [0.15, 0.2) is 0 Å². The van der Waals surface area contributed by atoms with Crippen LogP contribution in [0.3, 0.4) is 0 Å². The van der Waals surface area contributed by atoms with Gasteiger partial charge in [0.2, 0.25) is 5.91 Å². The molecule has 1 saturated carbocycles. The summed E-state index contributed by atoms with van der Waals surface area (Å²) in [6, 6.07) is 4.91. The largest absolute Gasteiger partial charge is 0.347 e. The van der Waals surface area contributed by atoms with Gasteiger partial charge in [-0.15, -0.1) is 11.3 Å². The van der Waals surface area contributed by atoms with Gasteiger partial charge in [0, 0.05) is 10.9 Å². The van der Waals surface area contributed by atoms with Crippen molar-refractivity contribution < 1.29 is 4.79 Å². The predicted molar refractivity (Wildman–Crippen MR) is 71.1 cm³/mol. The molecule has 1 unspecified atom stereocenters. The first-order valence-electron chi connectivity index (χ1n) is 6.35. The van der Waals surface area contributed by atoms with Crippen molar-refractivity contribution in [2.75, 3.05) is 6.54 Å². The lowest BCUT2D eigenvalue weighted by Crippen LogP contribution is -2.36. The highest BCUT2D eigenvalue weighted by atomic mass is 32.1. The summed E-state index contributed by atoms with van der Waals surface area (Å²) in [6.07, 6.45) is 4.53. The van der Waals surface area contributed by atoms with Crippen molar-refractivity contribution in [3.05, 3.63) is 22.4 Å². The number of thiophene rings is 1. The number of hydrogen-bond donors (Lipinski definition) is 2. The Morgan fingerprint density at radius 1 is 1.59 bits per heavy atom. The van der Waals surface area contributed by atoms with Gasteiger partial charge >= 0.3 is 0 Å². The quantitative estimate of drug-likeness (QED) is 0.782. The fraction of sp³-hybridized carbons (Fsp3) is 0.615. The fourth-order valence-corrected chi connectivity index (χ4v) is 2.65. The minimum absolute atomic E-state index is 0.115. The number of rotatable bonds is 7. The van der Waals surface area contributed by atoms with Crippen molar-refractivity contribution >= 4 is 17.2 Å². The smallest absolute Gasteiger partial charge is 0.234 e. The van der Waals surface area contributed by atoms with Crippen LogP contribution in [0.25, 0.3) is 0 Å². The van der Waals surface area contributed by atoms with E-state index in [1.165, 1.54) is 17.7 Å². The molecule has 1 fully saturated rings. The number of amides is 1. The molecule has 0 bridgehead atoms. The highest BCUT2D eigenvalue weighted by Crippen LogP contribution is 2.23. The Kier molecular flexibility index (Phi) is 4.57. The third-order valence-corrected chi connectivity index (χ3v) is 3.91. The molecule has 0 aromatic carbocycles. The van der Waals surface area contributed by atoms with Crippen LogP contribution in [0, 0.1) is 0 Å². The van der Waals surface area contributed by atoms with E-state index in [2.05, 4.69) is 29.0 Å². The van der Waals surface area contributed by atoms with Crippen molar-refractivity contribution in [3.8, 4) is 0 Å². The van der Waals surface area contributed by atoms with Crippen LogP contribution in [0.5, 0.6) is 0 Å². The van der Waals surface area contributed by atoms with Gasteiger partial charge in [0.1, 0.15) is 0 Å². The molecule has 17 heavy (non-hydrogen) atoms. The fourth-order valence-electron chi connectivity index (χ4n) is 1.83. The molecular formula is C13H20N2OS. The molecule has 1 aliphatic carbocycles. The van der Waals surface area contributed by atoms with Crippen molar-refractivity contribution in [1.29, 1.82) is 0 Å². The Morgan fingerprint density at radius 3 is 3.00 bits per heavy atom. The van der Waals surface area contributed by atoms with Crippen LogP contribution in [-0.4, -0.2) is 18.5 Å². The topological polar surface area (TPSA) is 41.1 Å². The first-order chi connectivity index (χ1) is 8.29. The number of carbonyl (C=O) groups is 1. The normalized spacial score (nSPS) is 16.8. The van der Waals surface area contributed by atoms with E-state index in [1.807, 2.05) is 6.07 Å². The second-order valence-electron chi connectivity index (χ2n) is 4.58. The SMILES string of the molecule is CCCC(NC(=O)CNC1CC1)c1cccs1. The van der Waals surface area contributed by atoms with Crippen LogP contribution in [0.2, 0.25) is 0 Å². The summed E-state index contributed by atoms with van der Waals surface area (Å²) in [5.41, 5.74) is 0. The van der Waals surface area contributed by atoms with Gasteiger partial charge in [-0.1, -0.05) is 19.4 Å². The second kappa shape index (κ2) is 6.17. The highest BCUT2D eigenvalue weighted by Gasteiger charge is 2.22. The Labute approximate surface area is 107 Å². The molecule has 1 aromatic heterocycles. The molecule has 2 rings (SSSR count). The summed E-state index contributed by atoms with van der Waals surface area (Å²) in [4.78, 5) is 13.0. The summed E-state index contributed by atoms with van der Waals surface area (Å²) in [7, 11) is 0. The molecule has 1 amide bonds. The van der Waals surface area contributed by atoms with E-state index in [1.54, 1.807) is 11.3 Å². The lowest BCUT2D eigenvalue weighted by Gasteiger charge is -2.16. The van der Waals surface area contributed by atoms with E-state index in [-0.39, 0.29) is 11.9 Å². The number of carbonyl (C=O) groups excluding carboxylic acids is 1. The molecule has 1 atom stereocenters. The van der Waals surface area contributed by atoms with Crippen molar-refractivity contribution in [3.63, 3.8) is 0 Å². The highest BCUT2D eigenvalue weighted by molar-refractivity contribution is 7.10. The molecule has 1 aliphatic rings. The average molecular weight is 252 g/mol. The minimum Gasteiger partial charge on any atom is -0.347 e. The van der Waals surface area contributed by atoms with Crippen LogP contribution in [0.15, 0.2) is 17.5 Å². The van der Waals surface area contributed by atoms with Gasteiger partial charge in [-0.25, -0.2) is 0 Å². The van der Waals surface area contributed by atoms with Crippen molar-refractivity contribution in [2.24, 2.45) is 0 Å². The van der Waals surface area contributed by atoms with E-state index >= 15 is 0 Å². The van der Waals surface area contributed by atoms with Crippen LogP contribution in [0.4, 0.5) is 0 Å². The first-order valence-corrected chi connectivity index (χ1v) is 7.23. The van der Waals surface area contributed by atoms with Crippen LogP contribution >= 0.6 is 11.3 Å². The Hall–Kier alpha value is -0.870. The van der Waals surface area contributed by atoms with Gasteiger partial charge in [-0.3, -0.25) is 4.79 Å². The molecule has 0 radical (unpaired) electrons. The lowest BCUT2D eigenvalue weighted by atomic mass is 10.1. The van der Waals surface area contributed by atoms with Crippen LogP contribution in [-0.2, 0) is 4.79 Å². The monoisotopic (exact) mass is 252 g/mol. The zero-order valence-electron chi connectivity index (χ0n) is 10.2. The third-order valence-electron chi connectivity index (χ3n) is 2.93. The molecule has 0 saturated heterocycles. The summed E-state index contributed by atoms with van der Waals surface area (Å²) in [6.45, 7) is 2.60. The molecule has 0 spiro atoms. The van der Waals surface area contributed by atoms with Crippen LogP contribution in [0.1, 0.15) is 43.5 Å². The molecule has 3 nitrogen and oxygen atoms in total. The predicted octanol–water partition coefficient (Wildman–Crippen LogP) is 2.46. The Morgan fingerprint density at radius 2 is 2.41 bits per heavy atom. The van der Waals surface area contributed by atoms with Gasteiger partial charge < -0.3 is 10.6 Å². The molecule has 4 heteroatoms. The summed E-state index contributed by atoms with van der Waals surface area (Å²) >= 11 is 1.71. The maximum atomic E-state index is 11.8. The maximum absolute atomic E-state index is 11.8. The van der Waals surface area contributed by atoms with Gasteiger partial charge in [0.05, 0.1) is 12.6 Å². The van der Waals surface area contributed by atoms with E-state index in [0.717, 1.165) is 12.8 Å². The Bertz CT molecular complexity index is 346. The first kappa shape index (κ1) is 12.6. The molecule has 1 heterocycles. The molecule has 1 aromatic rings. The van der Waals surface area contributed by atoms with Gasteiger partial charge in [0.25, 0.3) is 0 Å². The minimum atomic E-state index is 0.115. The van der Waals surface area contributed by atoms with Gasteiger partial charge in [-0.2, -0.15) is 0 Å². The van der Waals surface area contributed by atoms with E-state index in [0.29, 0.717) is 12.6 Å². The van der Waals surface area contributed by atoms with E-state index in [9.17, 15) is 4.79 Å². The molecule has 0 aliphatic heterocycles. The molecule has 2 N–H and O–H groups in total. The summed E-state index contributed by atoms with van der Waals surface area (Å²) < 4.78 is 0. The standard InChI is InChI=1S/C13H20N2OS/c1-2-4-11(12-5-3-8-17-12)15-13(16)9-14-10-6-7-10/h3,5,8,10-11,14H,2,4,6-7,9H2,1H3,(H,15,16). The maximum Gasteiger partial charge on any atom is 0.234 e. The second-order valence-corrected chi connectivity index (χ2v) is 5.56. The Balaban J connectivity index is 1.81. The van der Waals surface area contributed by atoms with Crippen molar-refractivity contribution in [2.45, 2.75) is 44.7 Å². The summed E-state index contributed by atoms with van der Waals surface area (Å²) in [5.74, 6) is 0.115. The zero-order chi connectivity index (χ0) is 12.1. The van der Waals surface area contributed by atoms with E-state index in [4.69, 9.17) is 0 Å². The third kappa shape index (κ3) is 4.13. The number of hydrogen-bond acceptors (Lipinski definition) is 3. The molecular weight excluding hydrogens is 232 g/mol. The lowest BCUT2D eigenvalue weighted by molar-refractivity contribution is -0.121. The van der Waals surface area contributed by atoms with Crippen molar-refractivity contribution in [1.82, 2.24) is 10.6 Å². The number of nitrogens with one attached hydrogen (secondary N) is 2. The average Bonchev–Trinajstić information content (AvgIpc) is 2.99. The molecule has 94 valence electrons. The van der Waals surface area contributed by atoms with Crippen LogP contribution < -0.4 is 10.6 Å².